The van der Waals surface area contributed by atoms with Crippen LogP contribution in [0.1, 0.15) is 12.5 Å². The minimum atomic E-state index is -0.114. The molecule has 17 heavy (non-hydrogen) atoms. The van der Waals surface area contributed by atoms with Crippen LogP contribution in [0.3, 0.4) is 0 Å². The van der Waals surface area contributed by atoms with Crippen molar-refractivity contribution >= 4 is 0 Å². The summed E-state index contributed by atoms with van der Waals surface area (Å²) < 4.78 is 5.48. The van der Waals surface area contributed by atoms with E-state index in [0.29, 0.717) is 31.5 Å². The number of hydrogen-bond donors (Lipinski definition) is 2. The predicted molar refractivity (Wildman–Crippen MR) is 64.8 cm³/mol. The number of ether oxygens (including phenoxy) is 1. The third-order valence-electron chi connectivity index (χ3n) is 3.20. The molecule has 0 saturated carbocycles. The number of benzene rings is 1. The molecule has 0 aromatic heterocycles. The Balaban J connectivity index is 2.04. The van der Waals surface area contributed by atoms with Crippen molar-refractivity contribution in [2.24, 2.45) is 0 Å². The number of phenols is 1. The van der Waals surface area contributed by atoms with Gasteiger partial charge in [0.2, 0.25) is 0 Å². The number of aliphatic hydroxyl groups is 1. The van der Waals surface area contributed by atoms with E-state index < -0.39 is 0 Å². The van der Waals surface area contributed by atoms with Gasteiger partial charge in [0.25, 0.3) is 0 Å². The van der Waals surface area contributed by atoms with Crippen LogP contribution in [-0.4, -0.2) is 47.0 Å². The molecule has 1 fully saturated rings. The third kappa shape index (κ3) is 2.97. The van der Waals surface area contributed by atoms with E-state index in [-0.39, 0.29) is 12.7 Å². The molecule has 1 aromatic rings. The summed E-state index contributed by atoms with van der Waals surface area (Å²) >= 11 is 0. The van der Waals surface area contributed by atoms with Gasteiger partial charge in [-0.25, -0.2) is 0 Å². The van der Waals surface area contributed by atoms with Crippen LogP contribution in [0, 0.1) is 0 Å². The molecule has 0 radical (unpaired) electrons. The quantitative estimate of drug-likeness (QED) is 0.822. The Hall–Kier alpha value is -1.10. The largest absolute Gasteiger partial charge is 0.508 e. The van der Waals surface area contributed by atoms with Crippen LogP contribution in [-0.2, 0) is 11.3 Å². The first-order valence-electron chi connectivity index (χ1n) is 5.94. The highest BCUT2D eigenvalue weighted by Crippen LogP contribution is 2.21. The van der Waals surface area contributed by atoms with Gasteiger partial charge in [-0.3, -0.25) is 4.90 Å². The molecule has 0 amide bonds. The standard InChI is InChI=1S/C13H19NO3/c1-10-9-17-12(8-15)7-14(10)6-11-4-2-3-5-13(11)16/h2-5,10,12,15-16H,6-9H2,1H3. The zero-order valence-corrected chi connectivity index (χ0v) is 10.0. The maximum atomic E-state index is 9.74. The Kier molecular flexibility index (Phi) is 3.99. The summed E-state index contributed by atoms with van der Waals surface area (Å²) in [6.07, 6.45) is -0.114. The number of morpholine rings is 1. The molecule has 0 bridgehead atoms. The molecule has 2 N–H and O–H groups in total. The molecular weight excluding hydrogens is 218 g/mol. The monoisotopic (exact) mass is 237 g/mol. The second-order valence-corrected chi connectivity index (χ2v) is 4.55. The molecule has 4 heteroatoms. The van der Waals surface area contributed by atoms with Gasteiger partial charge in [0.1, 0.15) is 5.75 Å². The molecule has 2 atom stereocenters. The highest BCUT2D eigenvalue weighted by Gasteiger charge is 2.25. The molecule has 2 unspecified atom stereocenters. The van der Waals surface area contributed by atoms with Gasteiger partial charge < -0.3 is 14.9 Å². The zero-order chi connectivity index (χ0) is 12.3. The summed E-state index contributed by atoms with van der Waals surface area (Å²) in [4.78, 5) is 2.22. The van der Waals surface area contributed by atoms with Crippen molar-refractivity contribution in [3.05, 3.63) is 29.8 Å². The molecule has 1 saturated heterocycles. The second-order valence-electron chi connectivity index (χ2n) is 4.55. The summed E-state index contributed by atoms with van der Waals surface area (Å²) in [5.41, 5.74) is 0.915. The molecule has 1 heterocycles. The van der Waals surface area contributed by atoms with Crippen molar-refractivity contribution in [1.82, 2.24) is 4.90 Å². The number of aromatic hydroxyl groups is 1. The normalized spacial score (nSPS) is 26.0. The van der Waals surface area contributed by atoms with Crippen molar-refractivity contribution in [1.29, 1.82) is 0 Å². The van der Waals surface area contributed by atoms with Crippen LogP contribution in [0.25, 0.3) is 0 Å². The molecule has 0 aliphatic carbocycles. The van der Waals surface area contributed by atoms with E-state index in [1.54, 1.807) is 6.07 Å². The Bertz CT molecular complexity index is 369. The molecular formula is C13H19NO3. The number of nitrogens with zero attached hydrogens (tertiary/aromatic N) is 1. The van der Waals surface area contributed by atoms with Crippen molar-refractivity contribution in [2.75, 3.05) is 19.8 Å². The third-order valence-corrected chi connectivity index (χ3v) is 3.20. The van der Waals surface area contributed by atoms with Gasteiger partial charge in [-0.1, -0.05) is 18.2 Å². The highest BCUT2D eigenvalue weighted by atomic mass is 16.5. The SMILES string of the molecule is CC1COC(CO)CN1Cc1ccccc1O. The van der Waals surface area contributed by atoms with Gasteiger partial charge in [0.05, 0.1) is 19.3 Å². The average molecular weight is 237 g/mol. The number of hydrogen-bond acceptors (Lipinski definition) is 4. The van der Waals surface area contributed by atoms with Crippen molar-refractivity contribution in [2.45, 2.75) is 25.6 Å². The fourth-order valence-corrected chi connectivity index (χ4v) is 2.07. The maximum Gasteiger partial charge on any atom is 0.120 e. The fraction of sp³-hybridized carbons (Fsp3) is 0.538. The lowest BCUT2D eigenvalue weighted by Crippen LogP contribution is -2.48. The summed E-state index contributed by atoms with van der Waals surface area (Å²) in [7, 11) is 0. The van der Waals surface area contributed by atoms with Gasteiger partial charge >= 0.3 is 0 Å². The van der Waals surface area contributed by atoms with Crippen LogP contribution in [0.4, 0.5) is 0 Å². The van der Waals surface area contributed by atoms with Crippen LogP contribution < -0.4 is 0 Å². The number of para-hydroxylation sites is 1. The fourth-order valence-electron chi connectivity index (χ4n) is 2.07. The van der Waals surface area contributed by atoms with Crippen LogP contribution in [0.5, 0.6) is 5.75 Å². The minimum Gasteiger partial charge on any atom is -0.508 e. The topological polar surface area (TPSA) is 52.9 Å². The van der Waals surface area contributed by atoms with Crippen molar-refractivity contribution in [3.8, 4) is 5.75 Å². The molecule has 2 rings (SSSR count). The summed E-state index contributed by atoms with van der Waals surface area (Å²) in [5.74, 6) is 0.326. The first kappa shape index (κ1) is 12.4. The predicted octanol–water partition coefficient (Wildman–Crippen LogP) is 0.974. The van der Waals surface area contributed by atoms with E-state index in [1.165, 1.54) is 0 Å². The van der Waals surface area contributed by atoms with Crippen LogP contribution >= 0.6 is 0 Å². The molecule has 1 aromatic carbocycles. The lowest BCUT2D eigenvalue weighted by atomic mass is 10.1. The van der Waals surface area contributed by atoms with E-state index in [2.05, 4.69) is 11.8 Å². The molecule has 94 valence electrons. The maximum absolute atomic E-state index is 9.74. The average Bonchev–Trinajstić information content (AvgIpc) is 2.35. The molecule has 4 nitrogen and oxygen atoms in total. The zero-order valence-electron chi connectivity index (χ0n) is 10.0. The van der Waals surface area contributed by atoms with Gasteiger partial charge in [-0.05, 0) is 13.0 Å². The number of rotatable bonds is 3. The smallest absolute Gasteiger partial charge is 0.120 e. The first-order chi connectivity index (χ1) is 8.20. The lowest BCUT2D eigenvalue weighted by Gasteiger charge is -2.37. The summed E-state index contributed by atoms with van der Waals surface area (Å²) in [6.45, 7) is 4.15. The molecule has 0 spiro atoms. The van der Waals surface area contributed by atoms with Gasteiger partial charge in [0, 0.05) is 24.7 Å². The second kappa shape index (κ2) is 5.49. The molecule has 1 aliphatic heterocycles. The van der Waals surface area contributed by atoms with E-state index in [1.807, 2.05) is 18.2 Å². The van der Waals surface area contributed by atoms with Crippen LogP contribution in [0.15, 0.2) is 24.3 Å². The Morgan fingerprint density at radius 3 is 2.88 bits per heavy atom. The van der Waals surface area contributed by atoms with Crippen LogP contribution in [0.2, 0.25) is 0 Å². The van der Waals surface area contributed by atoms with Crippen molar-refractivity contribution in [3.63, 3.8) is 0 Å². The first-order valence-corrected chi connectivity index (χ1v) is 5.94. The molecule has 1 aliphatic rings. The lowest BCUT2D eigenvalue weighted by molar-refractivity contribution is -0.0806. The Morgan fingerprint density at radius 1 is 1.41 bits per heavy atom. The Morgan fingerprint density at radius 2 is 2.18 bits per heavy atom. The van der Waals surface area contributed by atoms with E-state index in [9.17, 15) is 5.11 Å². The van der Waals surface area contributed by atoms with E-state index in [4.69, 9.17) is 9.84 Å². The highest BCUT2D eigenvalue weighted by molar-refractivity contribution is 5.31. The summed E-state index contributed by atoms with van der Waals surface area (Å²) in [5, 5.41) is 18.9. The van der Waals surface area contributed by atoms with Gasteiger partial charge in [-0.2, -0.15) is 0 Å². The van der Waals surface area contributed by atoms with E-state index in [0.717, 1.165) is 5.56 Å². The van der Waals surface area contributed by atoms with Crippen molar-refractivity contribution < 1.29 is 14.9 Å². The van der Waals surface area contributed by atoms with Gasteiger partial charge in [-0.15, -0.1) is 0 Å². The summed E-state index contributed by atoms with van der Waals surface area (Å²) in [6, 6.07) is 7.66. The number of phenolic OH excluding ortho intramolecular Hbond substituents is 1. The number of aliphatic hydroxyl groups excluding tert-OH is 1. The van der Waals surface area contributed by atoms with Gasteiger partial charge in [0.15, 0.2) is 0 Å². The van der Waals surface area contributed by atoms with E-state index >= 15 is 0 Å². The minimum absolute atomic E-state index is 0.0456. The Labute approximate surface area is 101 Å².